The van der Waals surface area contributed by atoms with E-state index in [1.807, 2.05) is 0 Å². The number of hydrogen-bond donors (Lipinski definition) is 0. The van der Waals surface area contributed by atoms with Gasteiger partial charge in [0.25, 0.3) is 0 Å². The largest absolute Gasteiger partial charge is 0.310 e. The van der Waals surface area contributed by atoms with E-state index in [2.05, 4.69) is 260 Å². The Bertz CT molecular complexity index is 4620. The van der Waals surface area contributed by atoms with Gasteiger partial charge < -0.3 is 4.90 Å². The highest BCUT2D eigenvalue weighted by atomic mass is 15.1. The van der Waals surface area contributed by atoms with Crippen LogP contribution in [-0.2, 0) is 10.8 Å². The van der Waals surface area contributed by atoms with Crippen LogP contribution in [0.1, 0.15) is 63.8 Å². The first-order valence-electron chi connectivity index (χ1n) is 27.6. The highest BCUT2D eigenvalue weighted by Gasteiger charge is 2.32. The quantitative estimate of drug-likeness (QED) is 0.166. The molecule has 366 valence electrons. The molecule has 1 heteroatoms. The maximum atomic E-state index is 2.59. The molecule has 0 spiro atoms. The second-order valence-electron chi connectivity index (χ2n) is 24.4. The molecule has 1 nitrogen and oxygen atoms in total. The minimum absolute atomic E-state index is 0.0617. The van der Waals surface area contributed by atoms with Gasteiger partial charge in [0, 0.05) is 17.1 Å². The summed E-state index contributed by atoms with van der Waals surface area (Å²) in [6, 6.07) is 77.4. The summed E-state index contributed by atoms with van der Waals surface area (Å²) in [5.74, 6) is 0. The zero-order valence-electron chi connectivity index (χ0n) is 45.0. The van der Waals surface area contributed by atoms with Crippen LogP contribution < -0.4 is 4.90 Å². The van der Waals surface area contributed by atoms with Crippen molar-refractivity contribution < 1.29 is 0 Å². The second kappa shape index (κ2) is 15.4. The summed E-state index contributed by atoms with van der Waals surface area (Å²) in [5, 5.41) is 18.8. The normalized spacial score (nSPS) is 12.9. The SMILES string of the molecule is Cc1ccccc1-c1c2cc3c(cc2c(-c2ccccc2C)c2c4ccc5c6c(ccc(c12)c64)-c1ccccc1-5)c1ccc2c4c(ccc3c41)-c1ccc(N(c3ccc(C(C)(C)C)cc3)c3ccc(C(C)(C)C)cc3)cc1-2. The Kier molecular flexibility index (Phi) is 8.92. The van der Waals surface area contributed by atoms with E-state index in [0.29, 0.717) is 0 Å². The smallest absolute Gasteiger partial charge is 0.0468 e. The molecule has 14 aromatic rings. The minimum Gasteiger partial charge on any atom is -0.310 e. The van der Waals surface area contributed by atoms with Crippen molar-refractivity contribution in [3.8, 4) is 66.8 Å². The van der Waals surface area contributed by atoms with E-state index in [4.69, 9.17) is 0 Å². The molecular weight excluding hydrogens is 927 g/mol. The Morgan fingerprint density at radius 1 is 0.247 bits per heavy atom. The van der Waals surface area contributed by atoms with Gasteiger partial charge in [-0.3, -0.25) is 0 Å². The molecule has 2 aliphatic carbocycles. The van der Waals surface area contributed by atoms with E-state index in [1.165, 1.54) is 164 Å². The highest BCUT2D eigenvalue weighted by molar-refractivity contribution is 6.44. The highest BCUT2D eigenvalue weighted by Crippen LogP contribution is 2.59. The van der Waals surface area contributed by atoms with E-state index in [9.17, 15) is 0 Å². The third-order valence-electron chi connectivity index (χ3n) is 18.0. The maximum Gasteiger partial charge on any atom is 0.0468 e. The molecule has 0 bridgehead atoms. The summed E-state index contributed by atoms with van der Waals surface area (Å²) in [7, 11) is 0. The summed E-state index contributed by atoms with van der Waals surface area (Å²) in [5.41, 5.74) is 24.6. The molecule has 0 fully saturated rings. The molecule has 16 rings (SSSR count). The van der Waals surface area contributed by atoms with Crippen LogP contribution in [-0.4, -0.2) is 0 Å². The summed E-state index contributed by atoms with van der Waals surface area (Å²) < 4.78 is 0. The standard InChI is InChI=1S/C76H57N/c1-42-15-9-11-17-49(42)67-65-40-63-58-32-31-56-53-30-29-48(77(46-25-21-44(22-26-46)75(3,4)5)47-27-23-45(24-28-47)76(6,7)8)39-62(53)57-33-34-59(71(58)70(56)57)64(63)41-66(65)68(50-18-12-10-16-43(50)2)74-61-38-36-55-52-20-14-13-19-51(52)54-35-37-60(73(67)74)72(61)69(54)55/h9-41H,1-8H3. The molecule has 2 aliphatic rings. The monoisotopic (exact) mass is 983 g/mol. The van der Waals surface area contributed by atoms with Crippen molar-refractivity contribution in [2.24, 2.45) is 0 Å². The van der Waals surface area contributed by atoms with Gasteiger partial charge >= 0.3 is 0 Å². The molecule has 77 heavy (non-hydrogen) atoms. The molecule has 0 saturated carbocycles. The van der Waals surface area contributed by atoms with Crippen LogP contribution in [0.15, 0.2) is 200 Å². The van der Waals surface area contributed by atoms with Gasteiger partial charge in [0.2, 0.25) is 0 Å². The average molecular weight is 984 g/mol. The van der Waals surface area contributed by atoms with Gasteiger partial charge in [0.1, 0.15) is 0 Å². The summed E-state index contributed by atoms with van der Waals surface area (Å²) in [6.45, 7) is 18.3. The molecule has 0 unspecified atom stereocenters. The van der Waals surface area contributed by atoms with Gasteiger partial charge in [0.05, 0.1) is 0 Å². The first-order valence-corrected chi connectivity index (χ1v) is 27.6. The molecule has 0 aromatic heterocycles. The molecule has 0 atom stereocenters. The van der Waals surface area contributed by atoms with Gasteiger partial charge in [-0.15, -0.1) is 0 Å². The first-order chi connectivity index (χ1) is 37.3. The lowest BCUT2D eigenvalue weighted by atomic mass is 9.83. The second-order valence-corrected chi connectivity index (χ2v) is 24.4. The van der Waals surface area contributed by atoms with Crippen LogP contribution in [0.5, 0.6) is 0 Å². The van der Waals surface area contributed by atoms with Crippen LogP contribution in [0.25, 0.3) is 142 Å². The third-order valence-corrected chi connectivity index (χ3v) is 18.0. The Balaban J connectivity index is 0.964. The predicted octanol–water partition coefficient (Wildman–Crippen LogP) is 21.9. The van der Waals surface area contributed by atoms with E-state index < -0.39 is 0 Å². The fourth-order valence-electron chi connectivity index (χ4n) is 14.3. The lowest BCUT2D eigenvalue weighted by Gasteiger charge is -2.28. The van der Waals surface area contributed by atoms with Crippen molar-refractivity contribution in [2.45, 2.75) is 66.2 Å². The van der Waals surface area contributed by atoms with Gasteiger partial charge in [0.15, 0.2) is 0 Å². The summed E-state index contributed by atoms with van der Waals surface area (Å²) in [4.78, 5) is 2.44. The first kappa shape index (κ1) is 44.5. The van der Waals surface area contributed by atoms with Gasteiger partial charge in [-0.25, -0.2) is 0 Å². The van der Waals surface area contributed by atoms with E-state index in [-0.39, 0.29) is 10.8 Å². The Hall–Kier alpha value is -8.78. The number of nitrogens with zero attached hydrogens (tertiary/aromatic N) is 1. The fourth-order valence-corrected chi connectivity index (χ4v) is 14.3. The Labute approximate surface area is 450 Å². The molecule has 14 aromatic carbocycles. The van der Waals surface area contributed by atoms with Crippen LogP contribution >= 0.6 is 0 Å². The summed E-state index contributed by atoms with van der Waals surface area (Å²) >= 11 is 0. The van der Waals surface area contributed by atoms with Crippen LogP contribution in [0.3, 0.4) is 0 Å². The van der Waals surface area contributed by atoms with E-state index >= 15 is 0 Å². The zero-order valence-corrected chi connectivity index (χ0v) is 45.0. The molecule has 0 heterocycles. The lowest BCUT2D eigenvalue weighted by Crippen LogP contribution is -2.14. The van der Waals surface area contributed by atoms with Gasteiger partial charge in [-0.05, 0) is 238 Å². The Morgan fingerprint density at radius 3 is 1.03 bits per heavy atom. The van der Waals surface area contributed by atoms with Crippen LogP contribution in [0.4, 0.5) is 17.1 Å². The van der Waals surface area contributed by atoms with Crippen molar-refractivity contribution in [3.63, 3.8) is 0 Å². The molecule has 0 N–H and O–H groups in total. The Morgan fingerprint density at radius 2 is 0.597 bits per heavy atom. The van der Waals surface area contributed by atoms with Crippen molar-refractivity contribution in [2.75, 3.05) is 4.90 Å². The van der Waals surface area contributed by atoms with Gasteiger partial charge in [-0.1, -0.05) is 193 Å². The maximum absolute atomic E-state index is 2.59. The third kappa shape index (κ3) is 6.06. The topological polar surface area (TPSA) is 3.24 Å². The lowest BCUT2D eigenvalue weighted by molar-refractivity contribution is 0.590. The molecule has 0 amide bonds. The minimum atomic E-state index is 0.0617. The molecule has 0 saturated heterocycles. The van der Waals surface area contributed by atoms with Crippen LogP contribution in [0.2, 0.25) is 0 Å². The number of aryl methyl sites for hydroxylation is 2. The number of hydrogen-bond acceptors (Lipinski definition) is 1. The van der Waals surface area contributed by atoms with E-state index in [1.54, 1.807) is 0 Å². The number of rotatable bonds is 5. The van der Waals surface area contributed by atoms with E-state index in [0.717, 1.165) is 17.1 Å². The van der Waals surface area contributed by atoms with Crippen molar-refractivity contribution >= 4 is 92.5 Å². The van der Waals surface area contributed by atoms with Crippen molar-refractivity contribution in [1.29, 1.82) is 0 Å². The average Bonchev–Trinajstić information content (AvgIpc) is 4.37. The molecule has 0 aliphatic heterocycles. The predicted molar refractivity (Wildman–Crippen MR) is 333 cm³/mol. The van der Waals surface area contributed by atoms with Gasteiger partial charge in [-0.2, -0.15) is 0 Å². The number of benzene rings is 12. The zero-order chi connectivity index (χ0) is 52.0. The number of fused-ring (bicyclic) bond motifs is 13. The van der Waals surface area contributed by atoms with Crippen molar-refractivity contribution in [1.82, 2.24) is 0 Å². The fraction of sp³-hybridized carbons (Fsp3) is 0.132. The summed E-state index contributed by atoms with van der Waals surface area (Å²) in [6.07, 6.45) is 0. The molecule has 0 radical (unpaired) electrons. The van der Waals surface area contributed by atoms with Crippen molar-refractivity contribution in [3.05, 3.63) is 222 Å². The number of anilines is 3. The molecular formula is C76H57N. The van der Waals surface area contributed by atoms with Crippen LogP contribution in [0, 0.1) is 13.8 Å².